The van der Waals surface area contributed by atoms with Crippen LogP contribution in [0.25, 0.3) is 0 Å². The summed E-state index contributed by atoms with van der Waals surface area (Å²) in [6.45, 7) is 3.71. The van der Waals surface area contributed by atoms with Gasteiger partial charge in [-0.2, -0.15) is 0 Å². The number of carbonyl (C=O) groups is 1. The van der Waals surface area contributed by atoms with Crippen molar-refractivity contribution in [3.63, 3.8) is 0 Å². The lowest BCUT2D eigenvalue weighted by atomic mass is 9.89. The molecule has 2 aliphatic heterocycles. The molecular weight excluding hydrogens is 228 g/mol. The molecule has 3 N–H and O–H groups in total. The van der Waals surface area contributed by atoms with Gasteiger partial charge < -0.3 is 15.7 Å². The fraction of sp³-hybridized carbons (Fsp3) is 0.929. The fourth-order valence-corrected chi connectivity index (χ4v) is 3.51. The highest BCUT2D eigenvalue weighted by Crippen LogP contribution is 2.32. The van der Waals surface area contributed by atoms with E-state index in [1.165, 1.54) is 12.8 Å². The predicted octanol–water partition coefficient (Wildman–Crippen LogP) is 1.18. The molecule has 104 valence electrons. The number of amides is 1. The van der Waals surface area contributed by atoms with Gasteiger partial charge in [-0.25, -0.2) is 0 Å². The normalized spacial score (nSPS) is 34.1. The van der Waals surface area contributed by atoms with Gasteiger partial charge in [0, 0.05) is 24.5 Å². The Hall–Kier alpha value is -0.610. The van der Waals surface area contributed by atoms with Gasteiger partial charge in [0.1, 0.15) is 0 Å². The molecule has 0 aromatic heterocycles. The quantitative estimate of drug-likeness (QED) is 0.690. The van der Waals surface area contributed by atoms with Crippen molar-refractivity contribution in [3.8, 4) is 0 Å². The van der Waals surface area contributed by atoms with Crippen LogP contribution in [0.1, 0.15) is 52.4 Å². The number of aliphatic hydroxyl groups is 1. The number of piperidine rings is 1. The lowest BCUT2D eigenvalue weighted by molar-refractivity contribution is -0.123. The zero-order valence-electron chi connectivity index (χ0n) is 11.5. The van der Waals surface area contributed by atoms with Crippen LogP contribution < -0.4 is 10.6 Å². The van der Waals surface area contributed by atoms with Crippen molar-refractivity contribution in [1.82, 2.24) is 10.6 Å². The van der Waals surface area contributed by atoms with Crippen LogP contribution in [0, 0.1) is 5.92 Å². The first kappa shape index (κ1) is 13.8. The van der Waals surface area contributed by atoms with Gasteiger partial charge in [0.15, 0.2) is 0 Å². The Morgan fingerprint density at radius 3 is 2.50 bits per heavy atom. The highest BCUT2D eigenvalue weighted by atomic mass is 16.3. The third-order valence-electron chi connectivity index (χ3n) is 4.15. The van der Waals surface area contributed by atoms with Gasteiger partial charge in [0.25, 0.3) is 0 Å². The van der Waals surface area contributed by atoms with Crippen LogP contribution in [0.4, 0.5) is 0 Å². The zero-order valence-corrected chi connectivity index (χ0v) is 11.5. The van der Waals surface area contributed by atoms with Gasteiger partial charge in [0.05, 0.1) is 6.10 Å². The fourth-order valence-electron chi connectivity index (χ4n) is 3.51. The van der Waals surface area contributed by atoms with Crippen molar-refractivity contribution in [2.45, 2.75) is 76.6 Å². The smallest absolute Gasteiger partial charge is 0.220 e. The first-order chi connectivity index (χ1) is 8.52. The lowest BCUT2D eigenvalue weighted by Gasteiger charge is -2.29. The number of hydrogen-bond acceptors (Lipinski definition) is 3. The molecule has 2 fully saturated rings. The van der Waals surface area contributed by atoms with E-state index in [0.29, 0.717) is 30.8 Å². The summed E-state index contributed by atoms with van der Waals surface area (Å²) in [6, 6.07) is 1.36. The molecule has 0 aromatic rings. The van der Waals surface area contributed by atoms with E-state index in [4.69, 9.17) is 0 Å². The summed E-state index contributed by atoms with van der Waals surface area (Å²) >= 11 is 0. The standard InChI is InChI=1S/C14H26N2O2/c1-9(5-10(2)17)15-14(18)8-11-6-12-3-4-13(7-11)16-12/h9-13,16-17H,3-8H2,1-2H3,(H,15,18). The lowest BCUT2D eigenvalue weighted by Crippen LogP contribution is -2.41. The average molecular weight is 254 g/mol. The number of nitrogens with one attached hydrogen (secondary N) is 2. The maximum Gasteiger partial charge on any atom is 0.220 e. The number of fused-ring (bicyclic) bond motifs is 2. The van der Waals surface area contributed by atoms with Crippen LogP contribution >= 0.6 is 0 Å². The van der Waals surface area contributed by atoms with Crippen LogP contribution in [0.15, 0.2) is 0 Å². The molecule has 2 heterocycles. The summed E-state index contributed by atoms with van der Waals surface area (Å²) in [5.74, 6) is 0.692. The van der Waals surface area contributed by atoms with Gasteiger partial charge in [0.2, 0.25) is 5.91 Å². The summed E-state index contributed by atoms with van der Waals surface area (Å²) in [7, 11) is 0. The Balaban J connectivity index is 1.71. The third-order valence-corrected chi connectivity index (χ3v) is 4.15. The van der Waals surface area contributed by atoms with Crippen molar-refractivity contribution in [1.29, 1.82) is 0 Å². The van der Waals surface area contributed by atoms with Gasteiger partial charge in [-0.1, -0.05) is 0 Å². The summed E-state index contributed by atoms with van der Waals surface area (Å²) in [5.41, 5.74) is 0. The Bertz CT molecular complexity index is 282. The number of rotatable bonds is 5. The van der Waals surface area contributed by atoms with Crippen molar-refractivity contribution in [2.75, 3.05) is 0 Å². The van der Waals surface area contributed by atoms with Gasteiger partial charge in [-0.05, 0) is 51.9 Å². The minimum absolute atomic E-state index is 0.0657. The van der Waals surface area contributed by atoms with Gasteiger partial charge in [-0.15, -0.1) is 0 Å². The van der Waals surface area contributed by atoms with Crippen LogP contribution in [-0.4, -0.2) is 35.2 Å². The minimum atomic E-state index is -0.352. The highest BCUT2D eigenvalue weighted by Gasteiger charge is 2.34. The highest BCUT2D eigenvalue weighted by molar-refractivity contribution is 5.76. The van der Waals surface area contributed by atoms with Crippen molar-refractivity contribution < 1.29 is 9.90 Å². The topological polar surface area (TPSA) is 61.4 Å². The summed E-state index contributed by atoms with van der Waals surface area (Å²) in [5, 5.41) is 15.9. The number of aliphatic hydroxyl groups excluding tert-OH is 1. The van der Waals surface area contributed by atoms with E-state index in [9.17, 15) is 9.90 Å². The van der Waals surface area contributed by atoms with Gasteiger partial charge in [-0.3, -0.25) is 4.79 Å². The van der Waals surface area contributed by atoms with E-state index >= 15 is 0 Å². The molecule has 0 saturated carbocycles. The van der Waals surface area contributed by atoms with E-state index < -0.39 is 0 Å². The molecule has 0 radical (unpaired) electrons. The van der Waals surface area contributed by atoms with E-state index in [0.717, 1.165) is 12.8 Å². The SMILES string of the molecule is CC(O)CC(C)NC(=O)CC1CC2CCC(C1)N2. The minimum Gasteiger partial charge on any atom is -0.393 e. The molecular formula is C14H26N2O2. The molecule has 0 spiro atoms. The molecule has 2 bridgehead atoms. The Morgan fingerprint density at radius 1 is 1.33 bits per heavy atom. The predicted molar refractivity (Wildman–Crippen MR) is 71.2 cm³/mol. The van der Waals surface area contributed by atoms with Crippen molar-refractivity contribution in [3.05, 3.63) is 0 Å². The Labute approximate surface area is 110 Å². The molecule has 2 saturated heterocycles. The van der Waals surface area contributed by atoms with E-state index in [1.54, 1.807) is 6.92 Å². The Kier molecular flexibility index (Phi) is 4.62. The molecule has 0 aliphatic carbocycles. The Morgan fingerprint density at radius 2 is 1.94 bits per heavy atom. The van der Waals surface area contributed by atoms with Crippen LogP contribution in [0.2, 0.25) is 0 Å². The van der Waals surface area contributed by atoms with E-state index in [2.05, 4.69) is 10.6 Å². The molecule has 4 unspecified atom stereocenters. The third kappa shape index (κ3) is 3.95. The van der Waals surface area contributed by atoms with Crippen molar-refractivity contribution >= 4 is 5.91 Å². The maximum absolute atomic E-state index is 11.9. The zero-order chi connectivity index (χ0) is 13.1. The number of hydrogen-bond donors (Lipinski definition) is 3. The van der Waals surface area contributed by atoms with Crippen LogP contribution in [0.5, 0.6) is 0 Å². The molecule has 0 aromatic carbocycles. The van der Waals surface area contributed by atoms with E-state index in [1.807, 2.05) is 6.92 Å². The molecule has 4 atom stereocenters. The first-order valence-electron chi connectivity index (χ1n) is 7.26. The molecule has 2 aliphatic rings. The van der Waals surface area contributed by atoms with Crippen LogP contribution in [-0.2, 0) is 4.79 Å². The second-order valence-corrected chi connectivity index (χ2v) is 6.23. The molecule has 4 nitrogen and oxygen atoms in total. The van der Waals surface area contributed by atoms with Gasteiger partial charge >= 0.3 is 0 Å². The first-order valence-corrected chi connectivity index (χ1v) is 7.26. The molecule has 1 amide bonds. The van der Waals surface area contributed by atoms with Crippen molar-refractivity contribution in [2.24, 2.45) is 5.92 Å². The summed E-state index contributed by atoms with van der Waals surface area (Å²) in [6.07, 6.45) is 5.78. The summed E-state index contributed by atoms with van der Waals surface area (Å²) in [4.78, 5) is 11.9. The number of carbonyl (C=O) groups excluding carboxylic acids is 1. The second-order valence-electron chi connectivity index (χ2n) is 6.23. The second kappa shape index (κ2) is 6.02. The molecule has 2 rings (SSSR count). The maximum atomic E-state index is 11.9. The summed E-state index contributed by atoms with van der Waals surface area (Å²) < 4.78 is 0. The van der Waals surface area contributed by atoms with E-state index in [-0.39, 0.29) is 18.1 Å². The van der Waals surface area contributed by atoms with Crippen LogP contribution in [0.3, 0.4) is 0 Å². The monoisotopic (exact) mass is 254 g/mol. The largest absolute Gasteiger partial charge is 0.393 e. The molecule has 18 heavy (non-hydrogen) atoms. The average Bonchev–Trinajstić information content (AvgIpc) is 2.56. The molecule has 4 heteroatoms.